The van der Waals surface area contributed by atoms with E-state index in [-0.39, 0.29) is 0 Å². The van der Waals surface area contributed by atoms with Gasteiger partial charge in [0, 0.05) is 127 Å². The highest BCUT2D eigenvalue weighted by molar-refractivity contribution is 6.25. The summed E-state index contributed by atoms with van der Waals surface area (Å²) in [5.74, 6) is 0. The van der Waals surface area contributed by atoms with Gasteiger partial charge in [0.2, 0.25) is 0 Å². The SMILES string of the molecule is c1ccc(-c2ccc(N(c3cc(-c4ccccc4)cc(-c4ccc(-c5ccc(-c6ccc(N(c7cc(-c8ccccc8)cc(-c8ccccc8)c7)c7ccc8c(c7)c7cccc9c7n8-c7ccccc7-c7ccc8c(oc%10ccccc%108)c7-9)cc6)c6oc7ccccc7c56)cc4)c3)c3ccc4c(c3)c3cccc5c3n4-c3ccccc3-c3ccc4c(oc6ccccc64)c3-5)cc2)cc1. The Bertz CT molecular complexity index is 9240. The van der Waals surface area contributed by atoms with Crippen LogP contribution in [0.3, 0.4) is 0 Å². The average molecular weight is 1690 g/mol. The zero-order valence-corrected chi connectivity index (χ0v) is 71.9. The number of para-hydroxylation sites is 7. The summed E-state index contributed by atoms with van der Waals surface area (Å²) in [6.45, 7) is 0. The first kappa shape index (κ1) is 74.3. The Morgan fingerprint density at radius 1 is 0.165 bits per heavy atom. The Kier molecular flexibility index (Phi) is 16.4. The number of benzene rings is 21. The molecule has 7 heterocycles. The fraction of sp³-hybridized carbons (Fsp3) is 0. The molecule has 28 rings (SSSR count). The van der Waals surface area contributed by atoms with Gasteiger partial charge in [0.15, 0.2) is 0 Å². The quantitative estimate of drug-likeness (QED) is 0.115. The molecule has 0 aliphatic carbocycles. The number of fused-ring (bicyclic) bond motifs is 27. The number of aromatic nitrogens is 2. The largest absolute Gasteiger partial charge is 0.455 e. The second-order valence-electron chi connectivity index (χ2n) is 35.2. The third kappa shape index (κ3) is 11.6. The van der Waals surface area contributed by atoms with Gasteiger partial charge in [0.1, 0.15) is 33.5 Å². The van der Waals surface area contributed by atoms with Gasteiger partial charge >= 0.3 is 0 Å². The number of rotatable bonds is 13. The van der Waals surface area contributed by atoms with Gasteiger partial charge in [-0.1, -0.05) is 315 Å². The van der Waals surface area contributed by atoms with Gasteiger partial charge in [-0.3, -0.25) is 0 Å². The highest BCUT2D eigenvalue weighted by Gasteiger charge is 2.33. The Balaban J connectivity index is 0.573. The van der Waals surface area contributed by atoms with Gasteiger partial charge in [-0.25, -0.2) is 0 Å². The maximum absolute atomic E-state index is 7.18. The summed E-state index contributed by atoms with van der Waals surface area (Å²) in [5, 5.41) is 11.2. The third-order valence-electron chi connectivity index (χ3n) is 28.0. The summed E-state index contributed by atoms with van der Waals surface area (Å²) >= 11 is 0. The summed E-state index contributed by atoms with van der Waals surface area (Å²) in [7, 11) is 0. The molecule has 0 radical (unpaired) electrons. The number of nitrogens with zero attached hydrogens (tertiary/aromatic N) is 4. The van der Waals surface area contributed by atoms with Crippen LogP contribution in [0.2, 0.25) is 0 Å². The Labute approximate surface area is 765 Å². The predicted molar refractivity (Wildman–Crippen MR) is 553 cm³/mol. The standard InChI is InChI=1S/C126H76N4O3/c1-5-25-77(26-6-1)81-51-55-89(56-52-81)127(91-59-67-114-110(75-91)103-38-23-40-108-120-101(97-33-13-18-42-112(97)129(114)122(103)108)63-65-105-99-35-15-20-44-116(99)131-125(105)120)94-73-87(80-31-11-4-12-32-80)70-88(74-94)82-47-49-83(50-48-82)95-61-62-96(124-119(95)107-37-17-22-46-118(107)133-124)84-53-57-90(58-54-84)128(93-71-85(78-27-7-2-8-28-78)69-86(72-93)79-29-9-3-10-30-79)92-60-68-115-111(76-92)104-39-24-41-109-121-102(98-34-14-19-43-113(98)130(115)123(104)109)64-66-106-100-36-16-21-45-117(100)132-126(106)121/h1-76H. The van der Waals surface area contributed by atoms with Crippen LogP contribution < -0.4 is 9.80 Å². The number of furan rings is 3. The van der Waals surface area contributed by atoms with Crippen molar-refractivity contribution in [3.05, 3.63) is 461 Å². The summed E-state index contributed by atoms with van der Waals surface area (Å²) in [6, 6.07) is 169. The van der Waals surface area contributed by atoms with Crippen LogP contribution >= 0.6 is 0 Å². The molecule has 7 nitrogen and oxygen atoms in total. The Morgan fingerprint density at radius 3 is 0.955 bits per heavy atom. The van der Waals surface area contributed by atoms with Gasteiger partial charge in [0.05, 0.1) is 33.4 Å². The minimum Gasteiger partial charge on any atom is -0.455 e. The van der Waals surface area contributed by atoms with E-state index in [9.17, 15) is 0 Å². The first-order valence-corrected chi connectivity index (χ1v) is 45.6. The number of hydrogen-bond donors (Lipinski definition) is 0. The second-order valence-corrected chi connectivity index (χ2v) is 35.2. The molecule has 26 aromatic rings. The Morgan fingerprint density at radius 2 is 0.489 bits per heavy atom. The van der Waals surface area contributed by atoms with Gasteiger partial charge < -0.3 is 32.2 Å². The fourth-order valence-electron chi connectivity index (χ4n) is 21.9. The molecule has 0 amide bonds. The molecule has 0 atom stereocenters. The summed E-state index contributed by atoms with van der Waals surface area (Å²) in [6.07, 6.45) is 0. The van der Waals surface area contributed by atoms with E-state index in [1.54, 1.807) is 0 Å². The van der Waals surface area contributed by atoms with Crippen LogP contribution in [-0.2, 0) is 0 Å². The van der Waals surface area contributed by atoms with E-state index in [0.717, 1.165) is 272 Å². The van der Waals surface area contributed by atoms with Crippen molar-refractivity contribution in [3.63, 3.8) is 0 Å². The highest BCUT2D eigenvalue weighted by atomic mass is 16.3. The smallest absolute Gasteiger partial charge is 0.143 e. The van der Waals surface area contributed by atoms with Crippen molar-refractivity contribution in [2.45, 2.75) is 0 Å². The lowest BCUT2D eigenvalue weighted by Crippen LogP contribution is -2.10. The van der Waals surface area contributed by atoms with Gasteiger partial charge in [-0.15, -0.1) is 0 Å². The lowest BCUT2D eigenvalue weighted by molar-refractivity contribution is 0.669. The van der Waals surface area contributed by atoms with Crippen LogP contribution in [0.25, 0.3) is 243 Å². The molecule has 0 bridgehead atoms. The van der Waals surface area contributed by atoms with Crippen LogP contribution in [0.4, 0.5) is 34.1 Å². The van der Waals surface area contributed by atoms with E-state index in [4.69, 9.17) is 13.3 Å². The summed E-state index contributed by atoms with van der Waals surface area (Å²) in [5.41, 5.74) is 42.7. The van der Waals surface area contributed by atoms with Crippen molar-refractivity contribution in [1.29, 1.82) is 0 Å². The molecule has 2 aliphatic rings. The lowest BCUT2D eigenvalue weighted by Gasteiger charge is -2.27. The van der Waals surface area contributed by atoms with Crippen molar-refractivity contribution in [2.75, 3.05) is 9.80 Å². The van der Waals surface area contributed by atoms with E-state index in [0.29, 0.717) is 0 Å². The average Bonchev–Trinajstić information content (AvgIpc) is 1.53. The molecule has 7 heteroatoms. The fourth-order valence-corrected chi connectivity index (χ4v) is 21.9. The summed E-state index contributed by atoms with van der Waals surface area (Å²) < 4.78 is 26.1. The minimum atomic E-state index is 0.831. The molecule has 0 N–H and O–H groups in total. The molecular formula is C126H76N4O3. The van der Waals surface area contributed by atoms with Crippen molar-refractivity contribution in [1.82, 2.24) is 9.13 Å². The molecule has 618 valence electrons. The molecule has 2 aliphatic heterocycles. The van der Waals surface area contributed by atoms with E-state index >= 15 is 0 Å². The monoisotopic (exact) mass is 1690 g/mol. The normalized spacial score (nSPS) is 12.1. The number of hydrogen-bond acceptors (Lipinski definition) is 5. The Hall–Kier alpha value is -17.8. The molecular weight excluding hydrogens is 1620 g/mol. The maximum atomic E-state index is 7.18. The van der Waals surface area contributed by atoms with Crippen molar-refractivity contribution in [2.24, 2.45) is 0 Å². The minimum absolute atomic E-state index is 0.831. The zero-order chi connectivity index (χ0) is 87.0. The van der Waals surface area contributed by atoms with Crippen molar-refractivity contribution < 1.29 is 13.3 Å². The molecule has 5 aromatic heterocycles. The second kappa shape index (κ2) is 29.4. The summed E-state index contributed by atoms with van der Waals surface area (Å²) in [4.78, 5) is 4.90. The molecule has 0 fully saturated rings. The molecule has 133 heavy (non-hydrogen) atoms. The van der Waals surface area contributed by atoms with Crippen LogP contribution in [-0.4, -0.2) is 9.13 Å². The van der Waals surface area contributed by atoms with E-state index < -0.39 is 0 Å². The van der Waals surface area contributed by atoms with Gasteiger partial charge in [-0.2, -0.15) is 0 Å². The molecule has 0 saturated carbocycles. The molecule has 0 spiro atoms. The highest BCUT2D eigenvalue weighted by Crippen LogP contribution is 2.56. The van der Waals surface area contributed by atoms with Crippen molar-refractivity contribution in [3.8, 4) is 134 Å². The van der Waals surface area contributed by atoms with Crippen LogP contribution in [0, 0.1) is 0 Å². The first-order valence-electron chi connectivity index (χ1n) is 45.6. The van der Waals surface area contributed by atoms with Crippen LogP contribution in [0.5, 0.6) is 0 Å². The first-order chi connectivity index (χ1) is 65.9. The maximum Gasteiger partial charge on any atom is 0.143 e. The molecule has 0 saturated heterocycles. The van der Waals surface area contributed by atoms with E-state index in [1.165, 1.54) is 5.56 Å². The van der Waals surface area contributed by atoms with Gasteiger partial charge in [-0.05, 0) is 229 Å². The van der Waals surface area contributed by atoms with Crippen molar-refractivity contribution >= 4 is 144 Å². The van der Waals surface area contributed by atoms with Gasteiger partial charge in [0.25, 0.3) is 0 Å². The molecule has 0 unspecified atom stereocenters. The lowest BCUT2D eigenvalue weighted by atomic mass is 9.91. The topological polar surface area (TPSA) is 55.8 Å². The third-order valence-corrected chi connectivity index (χ3v) is 28.0. The van der Waals surface area contributed by atoms with E-state index in [1.807, 2.05) is 0 Å². The number of anilines is 6. The predicted octanol–water partition coefficient (Wildman–Crippen LogP) is 35.5. The molecule has 21 aromatic carbocycles. The van der Waals surface area contributed by atoms with Crippen LogP contribution in [0.15, 0.2) is 474 Å². The van der Waals surface area contributed by atoms with Crippen LogP contribution in [0.1, 0.15) is 0 Å². The van der Waals surface area contributed by atoms with E-state index in [2.05, 4.69) is 480 Å². The zero-order valence-electron chi connectivity index (χ0n) is 71.9.